The Morgan fingerprint density at radius 2 is 1.55 bits per heavy atom. The molecule has 2 rings (SSSR count). The lowest BCUT2D eigenvalue weighted by Crippen LogP contribution is -2.06. The summed E-state index contributed by atoms with van der Waals surface area (Å²) in [5.74, 6) is -0.449. The third-order valence-corrected chi connectivity index (χ3v) is 3.44. The maximum Gasteiger partial charge on any atom is 0.373 e. The standard InChI is InChI=1S/C19H22O3/c1-2-3-4-8-15-21-22-19(20)18-13-11-17(12-14-18)16-9-6-5-7-10-16/h5-7,9-14H,2-4,8,15H2,1H3. The molecule has 0 amide bonds. The van der Waals surface area contributed by atoms with Gasteiger partial charge in [0, 0.05) is 0 Å². The molecule has 3 nitrogen and oxygen atoms in total. The van der Waals surface area contributed by atoms with Crippen LogP contribution in [-0.2, 0) is 9.78 Å². The second-order valence-corrected chi connectivity index (χ2v) is 5.20. The van der Waals surface area contributed by atoms with Crippen molar-refractivity contribution in [3.63, 3.8) is 0 Å². The van der Waals surface area contributed by atoms with Gasteiger partial charge in [0.15, 0.2) is 0 Å². The summed E-state index contributed by atoms with van der Waals surface area (Å²) in [4.78, 5) is 21.6. The first-order chi connectivity index (χ1) is 10.8. The van der Waals surface area contributed by atoms with Gasteiger partial charge >= 0.3 is 5.97 Å². The topological polar surface area (TPSA) is 35.5 Å². The summed E-state index contributed by atoms with van der Waals surface area (Å²) in [6, 6.07) is 17.4. The van der Waals surface area contributed by atoms with E-state index >= 15 is 0 Å². The molecule has 2 aromatic carbocycles. The van der Waals surface area contributed by atoms with Crippen molar-refractivity contribution < 1.29 is 14.6 Å². The van der Waals surface area contributed by atoms with E-state index in [0.717, 1.165) is 24.0 Å². The van der Waals surface area contributed by atoms with Crippen LogP contribution in [0.4, 0.5) is 0 Å². The zero-order valence-corrected chi connectivity index (χ0v) is 13.0. The van der Waals surface area contributed by atoms with E-state index in [1.165, 1.54) is 12.8 Å². The minimum Gasteiger partial charge on any atom is -0.293 e. The molecule has 116 valence electrons. The average Bonchev–Trinajstić information content (AvgIpc) is 2.59. The first-order valence-electron chi connectivity index (χ1n) is 7.80. The van der Waals surface area contributed by atoms with E-state index in [0.29, 0.717) is 12.2 Å². The maximum atomic E-state index is 11.8. The van der Waals surface area contributed by atoms with Crippen LogP contribution in [-0.4, -0.2) is 12.6 Å². The lowest BCUT2D eigenvalue weighted by atomic mass is 10.0. The predicted molar refractivity (Wildman–Crippen MR) is 87.4 cm³/mol. The Bertz CT molecular complexity index is 561. The molecule has 0 fully saturated rings. The normalized spacial score (nSPS) is 10.4. The molecule has 0 N–H and O–H groups in total. The fraction of sp³-hybridized carbons (Fsp3) is 0.316. The minimum atomic E-state index is -0.449. The molecule has 0 aliphatic heterocycles. The smallest absolute Gasteiger partial charge is 0.293 e. The van der Waals surface area contributed by atoms with Crippen LogP contribution in [0.2, 0.25) is 0 Å². The molecule has 0 heterocycles. The van der Waals surface area contributed by atoms with Crippen molar-refractivity contribution in [3.05, 3.63) is 60.2 Å². The highest BCUT2D eigenvalue weighted by molar-refractivity contribution is 5.89. The quantitative estimate of drug-likeness (QED) is 0.390. The summed E-state index contributed by atoms with van der Waals surface area (Å²) in [6.07, 6.45) is 4.36. The first kappa shape index (κ1) is 16.2. The highest BCUT2D eigenvalue weighted by Crippen LogP contribution is 2.19. The average molecular weight is 298 g/mol. The van der Waals surface area contributed by atoms with E-state index in [4.69, 9.17) is 9.78 Å². The summed E-state index contributed by atoms with van der Waals surface area (Å²) in [6.45, 7) is 2.60. The number of hydrogen-bond acceptors (Lipinski definition) is 3. The third kappa shape index (κ3) is 5.01. The van der Waals surface area contributed by atoms with Gasteiger partial charge in [-0.2, -0.15) is 4.89 Å². The monoisotopic (exact) mass is 298 g/mol. The van der Waals surface area contributed by atoms with E-state index in [1.54, 1.807) is 12.1 Å². The maximum absolute atomic E-state index is 11.8. The number of carbonyl (C=O) groups excluding carboxylic acids is 1. The van der Waals surface area contributed by atoms with E-state index in [1.807, 2.05) is 42.5 Å². The van der Waals surface area contributed by atoms with E-state index in [9.17, 15) is 4.79 Å². The highest BCUT2D eigenvalue weighted by atomic mass is 17.2. The molecule has 0 saturated carbocycles. The predicted octanol–water partition coefficient (Wildman–Crippen LogP) is 5.02. The molecule has 0 aromatic heterocycles. The Kier molecular flexibility index (Phi) is 6.65. The Balaban J connectivity index is 1.81. The van der Waals surface area contributed by atoms with Crippen LogP contribution < -0.4 is 0 Å². The van der Waals surface area contributed by atoms with Gasteiger partial charge in [0.25, 0.3) is 0 Å². The van der Waals surface area contributed by atoms with Gasteiger partial charge in [-0.15, -0.1) is 0 Å². The molecule has 2 aromatic rings. The Hall–Kier alpha value is -2.13. The summed E-state index contributed by atoms with van der Waals surface area (Å²) in [7, 11) is 0. The van der Waals surface area contributed by atoms with Gasteiger partial charge in [-0.05, 0) is 29.7 Å². The Labute approximate surface area is 131 Å². The summed E-state index contributed by atoms with van der Waals surface area (Å²) in [5, 5.41) is 0. The minimum absolute atomic E-state index is 0.449. The Morgan fingerprint density at radius 3 is 2.23 bits per heavy atom. The first-order valence-corrected chi connectivity index (χ1v) is 7.80. The van der Waals surface area contributed by atoms with Crippen molar-refractivity contribution in [2.45, 2.75) is 32.6 Å². The van der Waals surface area contributed by atoms with E-state index in [-0.39, 0.29) is 0 Å². The fourth-order valence-electron chi connectivity index (χ4n) is 2.16. The molecule has 0 aliphatic rings. The van der Waals surface area contributed by atoms with Gasteiger partial charge in [-0.1, -0.05) is 68.7 Å². The van der Waals surface area contributed by atoms with Crippen molar-refractivity contribution in [2.24, 2.45) is 0 Å². The molecule has 3 heteroatoms. The summed E-state index contributed by atoms with van der Waals surface area (Å²) >= 11 is 0. The lowest BCUT2D eigenvalue weighted by molar-refractivity contribution is -0.241. The molecule has 22 heavy (non-hydrogen) atoms. The number of benzene rings is 2. The molecule has 0 radical (unpaired) electrons. The number of hydrogen-bond donors (Lipinski definition) is 0. The highest BCUT2D eigenvalue weighted by Gasteiger charge is 2.08. The van der Waals surface area contributed by atoms with Gasteiger partial charge in [0.1, 0.15) is 0 Å². The molecular formula is C19H22O3. The van der Waals surface area contributed by atoms with Gasteiger partial charge in [0.05, 0.1) is 12.2 Å². The molecule has 0 saturated heterocycles. The molecule has 0 atom stereocenters. The largest absolute Gasteiger partial charge is 0.373 e. The van der Waals surface area contributed by atoms with Gasteiger partial charge in [-0.25, -0.2) is 4.79 Å². The number of rotatable bonds is 8. The lowest BCUT2D eigenvalue weighted by Gasteiger charge is -2.05. The zero-order valence-electron chi connectivity index (χ0n) is 13.0. The van der Waals surface area contributed by atoms with Crippen LogP contribution in [0.5, 0.6) is 0 Å². The van der Waals surface area contributed by atoms with Crippen molar-refractivity contribution in [1.82, 2.24) is 0 Å². The van der Waals surface area contributed by atoms with Crippen LogP contribution in [0, 0.1) is 0 Å². The molecule has 0 aliphatic carbocycles. The molecule has 0 unspecified atom stereocenters. The van der Waals surface area contributed by atoms with Crippen LogP contribution in [0.1, 0.15) is 43.0 Å². The molecular weight excluding hydrogens is 276 g/mol. The van der Waals surface area contributed by atoms with Crippen molar-refractivity contribution in [3.8, 4) is 11.1 Å². The van der Waals surface area contributed by atoms with Gasteiger partial charge < -0.3 is 0 Å². The van der Waals surface area contributed by atoms with Crippen molar-refractivity contribution >= 4 is 5.97 Å². The van der Waals surface area contributed by atoms with E-state index in [2.05, 4.69) is 6.92 Å². The van der Waals surface area contributed by atoms with Gasteiger partial charge in [0.2, 0.25) is 0 Å². The summed E-state index contributed by atoms with van der Waals surface area (Å²) < 4.78 is 0. The van der Waals surface area contributed by atoms with Crippen molar-refractivity contribution in [2.75, 3.05) is 6.61 Å². The second kappa shape index (κ2) is 9.00. The SMILES string of the molecule is CCCCCCOOC(=O)c1ccc(-c2ccccc2)cc1. The second-order valence-electron chi connectivity index (χ2n) is 5.20. The van der Waals surface area contributed by atoms with Crippen LogP contribution in [0.25, 0.3) is 11.1 Å². The van der Waals surface area contributed by atoms with Gasteiger partial charge in [-0.3, -0.25) is 4.89 Å². The number of carbonyl (C=O) groups is 1. The third-order valence-electron chi connectivity index (χ3n) is 3.44. The summed E-state index contributed by atoms with van der Waals surface area (Å²) in [5.41, 5.74) is 2.68. The van der Waals surface area contributed by atoms with Crippen LogP contribution >= 0.6 is 0 Å². The van der Waals surface area contributed by atoms with E-state index < -0.39 is 5.97 Å². The Morgan fingerprint density at radius 1 is 0.864 bits per heavy atom. The molecule has 0 bridgehead atoms. The zero-order chi connectivity index (χ0) is 15.6. The van der Waals surface area contributed by atoms with Crippen molar-refractivity contribution in [1.29, 1.82) is 0 Å². The van der Waals surface area contributed by atoms with Crippen LogP contribution in [0.15, 0.2) is 54.6 Å². The molecule has 0 spiro atoms. The van der Waals surface area contributed by atoms with Crippen LogP contribution in [0.3, 0.4) is 0 Å². The number of unbranched alkanes of at least 4 members (excludes halogenated alkanes) is 3. The fourth-order valence-corrected chi connectivity index (χ4v) is 2.16.